The minimum atomic E-state index is -4.29. The Morgan fingerprint density at radius 1 is 0.787 bits per heavy atom. The number of rotatable bonds is 14. The minimum absolute atomic E-state index is 0.0423. The number of anilines is 1. The number of para-hydroxylation sites is 1. The number of amides is 2. The first-order valence-electron chi connectivity index (χ1n) is 15.8. The van der Waals surface area contributed by atoms with Crippen molar-refractivity contribution in [1.82, 2.24) is 10.2 Å². The van der Waals surface area contributed by atoms with Crippen molar-refractivity contribution in [3.05, 3.63) is 120 Å². The highest BCUT2D eigenvalue weighted by Crippen LogP contribution is 2.32. The highest BCUT2D eigenvalue weighted by molar-refractivity contribution is 7.92. The van der Waals surface area contributed by atoms with Gasteiger partial charge in [-0.1, -0.05) is 91.7 Å². The molecule has 0 spiro atoms. The fourth-order valence-corrected chi connectivity index (χ4v) is 7.36. The lowest BCUT2D eigenvalue weighted by Gasteiger charge is -2.34. The molecule has 2 amide bonds. The van der Waals surface area contributed by atoms with E-state index in [1.54, 1.807) is 30.3 Å². The van der Waals surface area contributed by atoms with Gasteiger partial charge in [-0.2, -0.15) is 0 Å². The summed E-state index contributed by atoms with van der Waals surface area (Å²) in [7, 11) is -1.39. The number of nitrogens with zero attached hydrogens (tertiary/aromatic N) is 2. The monoisotopic (exact) mass is 655 g/mol. The predicted octanol–water partition coefficient (Wildman–Crippen LogP) is 5.60. The maximum Gasteiger partial charge on any atom is 0.264 e. The molecule has 10 heteroatoms. The molecule has 0 unspecified atom stereocenters. The van der Waals surface area contributed by atoms with Crippen molar-refractivity contribution < 1.29 is 27.5 Å². The molecule has 246 valence electrons. The zero-order valence-electron chi connectivity index (χ0n) is 26.7. The third-order valence-corrected chi connectivity index (χ3v) is 10.2. The van der Waals surface area contributed by atoms with Crippen molar-refractivity contribution in [2.24, 2.45) is 0 Å². The number of hydrogen-bond acceptors (Lipinski definition) is 6. The van der Waals surface area contributed by atoms with E-state index in [1.807, 2.05) is 60.7 Å². The normalized spacial score (nSPS) is 13.8. The highest BCUT2D eigenvalue weighted by Gasteiger charge is 2.35. The number of methoxy groups -OCH3 is 2. The van der Waals surface area contributed by atoms with Gasteiger partial charge in [0, 0.05) is 25.1 Å². The van der Waals surface area contributed by atoms with Gasteiger partial charge in [-0.15, -0.1) is 0 Å². The summed E-state index contributed by atoms with van der Waals surface area (Å²) in [6.45, 7) is -0.413. The SMILES string of the molecule is COc1ccc(S(=O)(=O)N(CC(=O)N(Cc2ccccc2)[C@H](Cc2ccccc2)C(=O)NC2CCCC2)c2ccccc2)cc1OC. The van der Waals surface area contributed by atoms with Gasteiger partial charge in [0.15, 0.2) is 11.5 Å². The van der Waals surface area contributed by atoms with E-state index in [2.05, 4.69) is 5.32 Å². The Balaban J connectivity index is 1.55. The third kappa shape index (κ3) is 8.31. The second kappa shape index (κ2) is 15.6. The van der Waals surface area contributed by atoms with Gasteiger partial charge in [0.25, 0.3) is 10.0 Å². The third-order valence-electron chi connectivity index (χ3n) is 8.43. The number of benzene rings is 4. The standard InChI is InChI=1S/C37H41N3O6S/c1-45-34-23-22-32(25-35(34)46-2)47(43,44)40(31-20-10-5-11-21-31)27-36(41)39(26-29-16-8-4-9-17-29)33(24-28-14-6-3-7-15-28)37(42)38-30-18-12-13-19-30/h3-11,14-17,20-23,25,30,33H,12-13,18-19,24,26-27H2,1-2H3,(H,38,42)/t33-/m1/s1. The summed E-state index contributed by atoms with van der Waals surface area (Å²) in [5.41, 5.74) is 2.02. The number of ether oxygens (including phenoxy) is 2. The van der Waals surface area contributed by atoms with Crippen LogP contribution < -0.4 is 19.1 Å². The number of nitrogens with one attached hydrogen (secondary N) is 1. The van der Waals surface area contributed by atoms with E-state index in [0.29, 0.717) is 11.4 Å². The van der Waals surface area contributed by atoms with Crippen molar-refractivity contribution in [1.29, 1.82) is 0 Å². The van der Waals surface area contributed by atoms with Crippen LogP contribution in [-0.4, -0.2) is 58.0 Å². The molecular formula is C37H41N3O6S. The molecule has 1 aliphatic rings. The second-order valence-electron chi connectivity index (χ2n) is 11.6. The minimum Gasteiger partial charge on any atom is -0.493 e. The molecule has 4 aromatic carbocycles. The average molecular weight is 656 g/mol. The molecule has 1 fully saturated rings. The Kier molecular flexibility index (Phi) is 11.2. The smallest absolute Gasteiger partial charge is 0.264 e. The van der Waals surface area contributed by atoms with Gasteiger partial charge in [-0.3, -0.25) is 13.9 Å². The Labute approximate surface area is 277 Å². The molecule has 0 bridgehead atoms. The van der Waals surface area contributed by atoms with E-state index >= 15 is 0 Å². The van der Waals surface area contributed by atoms with Gasteiger partial charge in [0.2, 0.25) is 11.8 Å². The molecule has 0 heterocycles. The van der Waals surface area contributed by atoms with Gasteiger partial charge in [0.1, 0.15) is 12.6 Å². The van der Waals surface area contributed by atoms with Crippen LogP contribution in [0.15, 0.2) is 114 Å². The van der Waals surface area contributed by atoms with Crippen molar-refractivity contribution in [3.8, 4) is 11.5 Å². The van der Waals surface area contributed by atoms with Gasteiger partial charge < -0.3 is 19.7 Å². The van der Waals surface area contributed by atoms with Crippen LogP contribution in [0.5, 0.6) is 11.5 Å². The lowest BCUT2D eigenvalue weighted by Crippen LogP contribution is -2.54. The van der Waals surface area contributed by atoms with Crippen LogP contribution in [-0.2, 0) is 32.6 Å². The van der Waals surface area contributed by atoms with Crippen molar-refractivity contribution in [2.75, 3.05) is 25.1 Å². The molecule has 9 nitrogen and oxygen atoms in total. The Hall–Kier alpha value is -4.83. The summed E-state index contributed by atoms with van der Waals surface area (Å²) >= 11 is 0. The summed E-state index contributed by atoms with van der Waals surface area (Å²) in [5, 5.41) is 3.19. The van der Waals surface area contributed by atoms with Crippen LogP contribution in [0.2, 0.25) is 0 Å². The number of carbonyl (C=O) groups is 2. The molecule has 1 aliphatic carbocycles. The number of sulfonamides is 1. The van der Waals surface area contributed by atoms with E-state index in [4.69, 9.17) is 9.47 Å². The maximum atomic E-state index is 14.6. The van der Waals surface area contributed by atoms with E-state index in [0.717, 1.165) is 41.1 Å². The summed E-state index contributed by atoms with van der Waals surface area (Å²) < 4.78 is 40.4. The van der Waals surface area contributed by atoms with Crippen molar-refractivity contribution in [2.45, 2.75) is 55.6 Å². The molecule has 1 N–H and O–H groups in total. The van der Waals surface area contributed by atoms with E-state index in [1.165, 1.54) is 37.3 Å². The lowest BCUT2D eigenvalue weighted by atomic mass is 10.0. The largest absolute Gasteiger partial charge is 0.493 e. The van der Waals surface area contributed by atoms with E-state index in [9.17, 15) is 18.0 Å². The molecule has 4 aromatic rings. The van der Waals surface area contributed by atoms with Crippen LogP contribution in [0.1, 0.15) is 36.8 Å². The predicted molar refractivity (Wildman–Crippen MR) is 182 cm³/mol. The van der Waals surface area contributed by atoms with Gasteiger partial charge in [-0.25, -0.2) is 8.42 Å². The molecule has 0 aromatic heterocycles. The molecule has 5 rings (SSSR count). The summed E-state index contributed by atoms with van der Waals surface area (Å²) in [5.74, 6) is -0.145. The second-order valence-corrected chi connectivity index (χ2v) is 13.4. The van der Waals surface area contributed by atoms with Crippen molar-refractivity contribution in [3.63, 3.8) is 0 Å². The Morgan fingerprint density at radius 3 is 1.96 bits per heavy atom. The molecule has 1 saturated carbocycles. The molecule has 0 aliphatic heterocycles. The summed E-state index contributed by atoms with van der Waals surface area (Å²) in [6, 6.07) is 30.9. The van der Waals surface area contributed by atoms with Crippen LogP contribution >= 0.6 is 0 Å². The first-order valence-corrected chi connectivity index (χ1v) is 17.2. The van der Waals surface area contributed by atoms with Crippen molar-refractivity contribution >= 4 is 27.5 Å². The van der Waals surface area contributed by atoms with Crippen LogP contribution in [0, 0.1) is 0 Å². The fourth-order valence-electron chi connectivity index (χ4n) is 5.93. The Morgan fingerprint density at radius 2 is 1.36 bits per heavy atom. The first kappa shape index (κ1) is 33.5. The van der Waals surface area contributed by atoms with Crippen LogP contribution in [0.25, 0.3) is 0 Å². The zero-order valence-corrected chi connectivity index (χ0v) is 27.6. The molecule has 0 saturated heterocycles. The topological polar surface area (TPSA) is 105 Å². The molecular weight excluding hydrogens is 614 g/mol. The van der Waals surface area contributed by atoms with E-state index < -0.39 is 28.5 Å². The average Bonchev–Trinajstić information content (AvgIpc) is 3.62. The van der Waals surface area contributed by atoms with E-state index in [-0.39, 0.29) is 35.6 Å². The fraction of sp³-hybridized carbons (Fsp3) is 0.297. The number of hydrogen-bond donors (Lipinski definition) is 1. The quantitative estimate of drug-likeness (QED) is 0.190. The summed E-state index contributed by atoms with van der Waals surface area (Å²) in [4.78, 5) is 30.1. The molecule has 0 radical (unpaired) electrons. The van der Waals surface area contributed by atoms with Crippen LogP contribution in [0.4, 0.5) is 5.69 Å². The van der Waals surface area contributed by atoms with Gasteiger partial charge in [0.05, 0.1) is 24.8 Å². The first-order chi connectivity index (χ1) is 22.8. The number of carbonyl (C=O) groups excluding carboxylic acids is 2. The zero-order chi connectivity index (χ0) is 33.2. The van der Waals surface area contributed by atoms with Crippen LogP contribution in [0.3, 0.4) is 0 Å². The summed E-state index contributed by atoms with van der Waals surface area (Å²) in [6.07, 6.45) is 4.14. The van der Waals surface area contributed by atoms with Gasteiger partial charge in [-0.05, 0) is 48.2 Å². The lowest BCUT2D eigenvalue weighted by molar-refractivity contribution is -0.140. The Bertz CT molecular complexity index is 1730. The maximum absolute atomic E-state index is 14.6. The molecule has 47 heavy (non-hydrogen) atoms. The molecule has 1 atom stereocenters. The van der Waals surface area contributed by atoms with Gasteiger partial charge >= 0.3 is 0 Å². The highest BCUT2D eigenvalue weighted by atomic mass is 32.2.